The van der Waals surface area contributed by atoms with Gasteiger partial charge in [-0.25, -0.2) is 9.59 Å². The summed E-state index contributed by atoms with van der Waals surface area (Å²) in [6, 6.07) is 10.5. The summed E-state index contributed by atoms with van der Waals surface area (Å²) in [5.41, 5.74) is 4.68. The minimum atomic E-state index is -0.864. The van der Waals surface area contributed by atoms with Crippen molar-refractivity contribution in [3.8, 4) is 0 Å². The van der Waals surface area contributed by atoms with E-state index >= 15 is 0 Å². The Labute approximate surface area is 148 Å². The number of aryl methyl sites for hydroxylation is 4. The topological polar surface area (TPSA) is 74.6 Å². The second-order valence-corrected chi connectivity index (χ2v) is 5.36. The Morgan fingerprint density at radius 3 is 1.00 bits per heavy atom. The van der Waals surface area contributed by atoms with E-state index in [1.54, 1.807) is 24.3 Å². The van der Waals surface area contributed by atoms with Crippen molar-refractivity contribution in [3.05, 3.63) is 69.8 Å². The predicted molar refractivity (Wildman–Crippen MR) is 85.8 cm³/mol. The zero-order chi connectivity index (χ0) is 16.9. The minimum Gasteiger partial charge on any atom is -0.478 e. The molecular weight excluding hydrogens is 346 g/mol. The van der Waals surface area contributed by atoms with E-state index < -0.39 is 11.9 Å². The van der Waals surface area contributed by atoms with Crippen LogP contribution in [0.5, 0.6) is 0 Å². The third kappa shape index (κ3) is 7.20. The van der Waals surface area contributed by atoms with Crippen LogP contribution >= 0.6 is 0 Å². The molecule has 0 heterocycles. The van der Waals surface area contributed by atoms with Crippen molar-refractivity contribution in [1.82, 2.24) is 0 Å². The Morgan fingerprint density at radius 2 is 0.826 bits per heavy atom. The first-order chi connectivity index (χ1) is 10.2. The van der Waals surface area contributed by atoms with Crippen LogP contribution in [0.2, 0.25) is 0 Å². The molecule has 2 rings (SSSR count). The van der Waals surface area contributed by atoms with Gasteiger partial charge in [0, 0.05) is 19.5 Å². The number of carboxylic acids is 2. The van der Waals surface area contributed by atoms with Gasteiger partial charge in [0.25, 0.3) is 0 Å². The van der Waals surface area contributed by atoms with Crippen molar-refractivity contribution in [3.63, 3.8) is 0 Å². The van der Waals surface area contributed by atoms with Gasteiger partial charge in [-0.2, -0.15) is 0 Å². The minimum absolute atomic E-state index is 0. The molecule has 0 aliphatic carbocycles. The van der Waals surface area contributed by atoms with E-state index in [0.29, 0.717) is 11.1 Å². The average molecular weight is 366 g/mol. The fraction of sp³-hybridized carbons (Fsp3) is 0.222. The van der Waals surface area contributed by atoms with Gasteiger partial charge in [0.05, 0.1) is 11.1 Å². The van der Waals surface area contributed by atoms with Gasteiger partial charge in [-0.1, -0.05) is 34.4 Å². The first-order valence-electron chi connectivity index (χ1n) is 6.82. The van der Waals surface area contributed by atoms with E-state index in [1.165, 1.54) is 0 Å². The van der Waals surface area contributed by atoms with E-state index in [1.807, 2.05) is 39.8 Å². The van der Waals surface area contributed by atoms with Crippen LogP contribution in [0.25, 0.3) is 0 Å². The van der Waals surface area contributed by atoms with Crippen LogP contribution in [0.1, 0.15) is 43.0 Å². The molecule has 0 radical (unpaired) electrons. The van der Waals surface area contributed by atoms with Crippen LogP contribution in [0.15, 0.2) is 36.4 Å². The zero-order valence-corrected chi connectivity index (χ0v) is 16.8. The number of benzene rings is 2. The zero-order valence-electron chi connectivity index (χ0n) is 13.9. The van der Waals surface area contributed by atoms with Crippen molar-refractivity contribution < 1.29 is 39.3 Å². The standard InChI is InChI=1S/2C9H10O2.Zn/c2*1-6-3-7(2)5-8(4-6)9(10)11;/h2*3-5H,1-2H3,(H,10,11);. The Bertz CT molecular complexity index is 606. The number of hydrogen-bond acceptors (Lipinski definition) is 2. The van der Waals surface area contributed by atoms with Crippen LogP contribution in [-0.4, -0.2) is 22.2 Å². The van der Waals surface area contributed by atoms with Gasteiger partial charge in [-0.15, -0.1) is 0 Å². The fourth-order valence-corrected chi connectivity index (χ4v) is 2.20. The second-order valence-electron chi connectivity index (χ2n) is 5.36. The Kier molecular flexibility index (Phi) is 8.41. The van der Waals surface area contributed by atoms with Crippen LogP contribution in [-0.2, 0) is 19.5 Å². The summed E-state index contributed by atoms with van der Waals surface area (Å²) in [7, 11) is 0. The van der Waals surface area contributed by atoms with Crippen molar-refractivity contribution >= 4 is 11.9 Å². The molecule has 0 amide bonds. The number of carboxylic acid groups (broad SMARTS) is 2. The molecule has 2 aromatic carbocycles. The van der Waals surface area contributed by atoms with Crippen molar-refractivity contribution in [1.29, 1.82) is 0 Å². The van der Waals surface area contributed by atoms with Crippen LogP contribution in [0.3, 0.4) is 0 Å². The number of rotatable bonds is 2. The maximum absolute atomic E-state index is 10.5. The number of aromatic carboxylic acids is 2. The summed E-state index contributed by atoms with van der Waals surface area (Å²) in [5, 5.41) is 17.3. The Balaban J connectivity index is 0.000000403. The molecule has 118 valence electrons. The molecule has 0 aromatic heterocycles. The molecule has 0 saturated carbocycles. The summed E-state index contributed by atoms with van der Waals surface area (Å²) < 4.78 is 0. The van der Waals surface area contributed by atoms with E-state index in [-0.39, 0.29) is 19.5 Å². The Morgan fingerprint density at radius 1 is 0.609 bits per heavy atom. The molecule has 4 nitrogen and oxygen atoms in total. The molecule has 0 fully saturated rings. The van der Waals surface area contributed by atoms with Crippen LogP contribution in [0.4, 0.5) is 0 Å². The van der Waals surface area contributed by atoms with E-state index in [2.05, 4.69) is 0 Å². The molecule has 0 bridgehead atoms. The quantitative estimate of drug-likeness (QED) is 0.789. The first-order valence-corrected chi connectivity index (χ1v) is 6.82. The van der Waals surface area contributed by atoms with Crippen molar-refractivity contribution in [2.24, 2.45) is 0 Å². The van der Waals surface area contributed by atoms with Crippen molar-refractivity contribution in [2.75, 3.05) is 0 Å². The summed E-state index contributed by atoms with van der Waals surface area (Å²) in [6.45, 7) is 7.55. The molecule has 23 heavy (non-hydrogen) atoms. The van der Waals surface area contributed by atoms with Crippen LogP contribution < -0.4 is 0 Å². The molecule has 0 spiro atoms. The Hall–Kier alpha value is -2.00. The van der Waals surface area contributed by atoms with Gasteiger partial charge < -0.3 is 10.2 Å². The second kappa shape index (κ2) is 9.21. The number of carbonyl (C=O) groups is 2. The molecular formula is C18H20O4Zn. The smallest absolute Gasteiger partial charge is 0.335 e. The molecule has 2 aromatic rings. The van der Waals surface area contributed by atoms with Gasteiger partial charge in [0.1, 0.15) is 0 Å². The van der Waals surface area contributed by atoms with E-state index in [9.17, 15) is 9.59 Å². The summed E-state index contributed by atoms with van der Waals surface area (Å²) in [4.78, 5) is 21.0. The normalized spacial score (nSPS) is 9.22. The molecule has 0 aliphatic heterocycles. The van der Waals surface area contributed by atoms with Gasteiger partial charge in [0.15, 0.2) is 0 Å². The monoisotopic (exact) mass is 364 g/mol. The van der Waals surface area contributed by atoms with Crippen LogP contribution in [0, 0.1) is 27.7 Å². The molecule has 0 unspecified atom stereocenters. The molecule has 2 N–H and O–H groups in total. The maximum atomic E-state index is 10.5. The first kappa shape index (κ1) is 21.0. The van der Waals surface area contributed by atoms with Crippen molar-refractivity contribution in [2.45, 2.75) is 27.7 Å². The van der Waals surface area contributed by atoms with Gasteiger partial charge in [0.2, 0.25) is 0 Å². The maximum Gasteiger partial charge on any atom is 0.335 e. The largest absolute Gasteiger partial charge is 0.478 e. The fourth-order valence-electron chi connectivity index (χ4n) is 2.20. The third-order valence-corrected chi connectivity index (χ3v) is 2.94. The average Bonchev–Trinajstić information content (AvgIpc) is 2.37. The van der Waals surface area contributed by atoms with Gasteiger partial charge in [-0.05, 0) is 52.0 Å². The van der Waals surface area contributed by atoms with E-state index in [4.69, 9.17) is 10.2 Å². The SMILES string of the molecule is Cc1cc(C)cc(C(=O)O)c1.Cc1cc(C)cc(C(=O)O)c1.[Zn]. The molecule has 5 heteroatoms. The number of hydrogen-bond donors (Lipinski definition) is 2. The summed E-state index contributed by atoms with van der Waals surface area (Å²) >= 11 is 0. The van der Waals surface area contributed by atoms with Gasteiger partial charge in [-0.3, -0.25) is 0 Å². The van der Waals surface area contributed by atoms with Gasteiger partial charge >= 0.3 is 11.9 Å². The summed E-state index contributed by atoms with van der Waals surface area (Å²) in [6.07, 6.45) is 0. The molecule has 0 saturated heterocycles. The van der Waals surface area contributed by atoms with E-state index in [0.717, 1.165) is 22.3 Å². The molecule has 0 aliphatic rings. The third-order valence-electron chi connectivity index (χ3n) is 2.94. The summed E-state index contributed by atoms with van der Waals surface area (Å²) in [5.74, 6) is -1.73. The predicted octanol–water partition coefficient (Wildman–Crippen LogP) is 4.00. The molecule has 0 atom stereocenters.